The Hall–Kier alpha value is -0.800. The summed E-state index contributed by atoms with van der Waals surface area (Å²) in [4.78, 5) is 2.45. The summed E-state index contributed by atoms with van der Waals surface area (Å²) in [6, 6.07) is 2.98. The summed E-state index contributed by atoms with van der Waals surface area (Å²) in [7, 11) is 2.21. The molecule has 96 valence electrons. The van der Waals surface area contributed by atoms with Crippen molar-refractivity contribution in [3.8, 4) is 0 Å². The molecule has 1 fully saturated rings. The summed E-state index contributed by atoms with van der Waals surface area (Å²) in [5, 5.41) is 0. The van der Waals surface area contributed by atoms with Crippen LogP contribution in [0.4, 0.5) is 0 Å². The number of hydrogen-bond acceptors (Lipinski definition) is 3. The fourth-order valence-electron chi connectivity index (χ4n) is 3.13. The molecule has 0 aliphatic heterocycles. The molecule has 3 atom stereocenters. The van der Waals surface area contributed by atoms with E-state index < -0.39 is 0 Å². The first kappa shape index (κ1) is 12.7. The van der Waals surface area contributed by atoms with Gasteiger partial charge in [0.15, 0.2) is 0 Å². The lowest BCUT2D eigenvalue weighted by atomic mass is 9.84. The molecule has 2 N–H and O–H groups in total. The van der Waals surface area contributed by atoms with Crippen molar-refractivity contribution < 1.29 is 4.42 Å². The third-order valence-electron chi connectivity index (χ3n) is 4.23. The second-order valence-corrected chi connectivity index (χ2v) is 5.30. The summed E-state index contributed by atoms with van der Waals surface area (Å²) >= 11 is 0. The van der Waals surface area contributed by atoms with Gasteiger partial charge in [0.1, 0.15) is 0 Å². The normalized spacial score (nSPS) is 27.3. The van der Waals surface area contributed by atoms with Gasteiger partial charge in [-0.2, -0.15) is 0 Å². The summed E-state index contributed by atoms with van der Waals surface area (Å²) in [5.41, 5.74) is 7.14. The van der Waals surface area contributed by atoms with Gasteiger partial charge in [0.25, 0.3) is 0 Å². The molecule has 3 nitrogen and oxygen atoms in total. The van der Waals surface area contributed by atoms with E-state index in [2.05, 4.69) is 18.9 Å². The molecule has 0 aromatic carbocycles. The maximum Gasteiger partial charge on any atom is 0.0950 e. The molecule has 1 aromatic heterocycles. The molecule has 1 saturated carbocycles. The summed E-state index contributed by atoms with van der Waals surface area (Å²) in [6.45, 7) is 3.02. The van der Waals surface area contributed by atoms with Crippen molar-refractivity contribution in [2.24, 2.45) is 11.7 Å². The third kappa shape index (κ3) is 2.72. The van der Waals surface area contributed by atoms with E-state index in [0.29, 0.717) is 18.6 Å². The van der Waals surface area contributed by atoms with E-state index in [1.165, 1.54) is 31.2 Å². The van der Waals surface area contributed by atoms with Gasteiger partial charge in [0.05, 0.1) is 18.6 Å². The first-order chi connectivity index (χ1) is 8.24. The molecule has 1 aromatic rings. The zero-order chi connectivity index (χ0) is 12.3. The molecule has 3 unspecified atom stereocenters. The van der Waals surface area contributed by atoms with E-state index in [9.17, 15) is 0 Å². The molecule has 0 saturated heterocycles. The van der Waals surface area contributed by atoms with Crippen molar-refractivity contribution in [3.63, 3.8) is 0 Å². The van der Waals surface area contributed by atoms with Gasteiger partial charge in [0, 0.05) is 18.2 Å². The lowest BCUT2D eigenvalue weighted by Gasteiger charge is -2.40. The highest BCUT2D eigenvalue weighted by Crippen LogP contribution is 2.32. The molecular weight excluding hydrogens is 212 g/mol. The average Bonchev–Trinajstić information content (AvgIpc) is 2.84. The van der Waals surface area contributed by atoms with Crippen LogP contribution in [0.15, 0.2) is 23.0 Å². The van der Waals surface area contributed by atoms with Crippen LogP contribution in [0.5, 0.6) is 0 Å². The Morgan fingerprint density at radius 3 is 2.82 bits per heavy atom. The van der Waals surface area contributed by atoms with Crippen molar-refractivity contribution in [2.45, 2.75) is 44.7 Å². The van der Waals surface area contributed by atoms with Crippen LogP contribution in [0, 0.1) is 5.92 Å². The summed E-state index contributed by atoms with van der Waals surface area (Å²) in [5.74, 6) is 0.773. The minimum atomic E-state index is 0.291. The van der Waals surface area contributed by atoms with Gasteiger partial charge < -0.3 is 10.2 Å². The Morgan fingerprint density at radius 1 is 1.47 bits per heavy atom. The molecule has 17 heavy (non-hydrogen) atoms. The van der Waals surface area contributed by atoms with Crippen molar-refractivity contribution in [3.05, 3.63) is 24.2 Å². The third-order valence-corrected chi connectivity index (χ3v) is 4.23. The molecular formula is C14H24N2O. The number of furan rings is 1. The molecule has 0 bridgehead atoms. The lowest BCUT2D eigenvalue weighted by molar-refractivity contribution is 0.0989. The highest BCUT2D eigenvalue weighted by atomic mass is 16.3. The maximum atomic E-state index is 5.93. The van der Waals surface area contributed by atoms with Crippen LogP contribution < -0.4 is 5.73 Å². The second-order valence-electron chi connectivity index (χ2n) is 5.30. The van der Waals surface area contributed by atoms with Crippen LogP contribution >= 0.6 is 0 Å². The second kappa shape index (κ2) is 5.69. The SMILES string of the molecule is CC1CCCCC1N(C)C(CN)c1ccoc1. The lowest BCUT2D eigenvalue weighted by Crippen LogP contribution is -2.43. The molecule has 2 rings (SSSR count). The summed E-state index contributed by atoms with van der Waals surface area (Å²) < 4.78 is 5.18. The molecule has 1 aliphatic carbocycles. The molecule has 1 aliphatic rings. The fraction of sp³-hybridized carbons (Fsp3) is 0.714. The van der Waals surface area contributed by atoms with E-state index in [-0.39, 0.29) is 0 Å². The zero-order valence-corrected chi connectivity index (χ0v) is 10.9. The van der Waals surface area contributed by atoms with Crippen LogP contribution in [0.1, 0.15) is 44.2 Å². The van der Waals surface area contributed by atoms with Gasteiger partial charge in [-0.15, -0.1) is 0 Å². The maximum absolute atomic E-state index is 5.93. The van der Waals surface area contributed by atoms with Crippen molar-refractivity contribution in [1.29, 1.82) is 0 Å². The minimum absolute atomic E-state index is 0.291. The Balaban J connectivity index is 2.08. The van der Waals surface area contributed by atoms with E-state index in [1.54, 1.807) is 6.26 Å². The van der Waals surface area contributed by atoms with Crippen molar-refractivity contribution >= 4 is 0 Å². The number of likely N-dealkylation sites (N-methyl/N-ethyl adjacent to an activating group) is 1. The van der Waals surface area contributed by atoms with Crippen LogP contribution in [0.2, 0.25) is 0 Å². The van der Waals surface area contributed by atoms with Gasteiger partial charge in [0.2, 0.25) is 0 Å². The van der Waals surface area contributed by atoms with Crippen LogP contribution in [-0.2, 0) is 0 Å². The van der Waals surface area contributed by atoms with Gasteiger partial charge >= 0.3 is 0 Å². The molecule has 3 heteroatoms. The van der Waals surface area contributed by atoms with Gasteiger partial charge in [-0.3, -0.25) is 4.90 Å². The Labute approximate surface area is 104 Å². The monoisotopic (exact) mass is 236 g/mol. The topological polar surface area (TPSA) is 42.4 Å². The van der Waals surface area contributed by atoms with E-state index >= 15 is 0 Å². The largest absolute Gasteiger partial charge is 0.472 e. The number of nitrogens with two attached hydrogens (primary N) is 1. The quantitative estimate of drug-likeness (QED) is 0.874. The zero-order valence-electron chi connectivity index (χ0n) is 10.9. The van der Waals surface area contributed by atoms with Crippen molar-refractivity contribution in [1.82, 2.24) is 4.90 Å². The first-order valence-electron chi connectivity index (χ1n) is 6.68. The average molecular weight is 236 g/mol. The molecule has 0 radical (unpaired) electrons. The highest BCUT2D eigenvalue weighted by molar-refractivity contribution is 5.12. The fourth-order valence-corrected chi connectivity index (χ4v) is 3.13. The Kier molecular flexibility index (Phi) is 4.24. The van der Waals surface area contributed by atoms with Gasteiger partial charge in [-0.25, -0.2) is 0 Å². The number of hydrogen-bond donors (Lipinski definition) is 1. The van der Waals surface area contributed by atoms with Crippen LogP contribution in [-0.4, -0.2) is 24.5 Å². The number of nitrogens with zero attached hydrogens (tertiary/aromatic N) is 1. The molecule has 0 amide bonds. The van der Waals surface area contributed by atoms with Gasteiger partial charge in [-0.05, 0) is 31.9 Å². The van der Waals surface area contributed by atoms with Crippen molar-refractivity contribution in [2.75, 3.05) is 13.6 Å². The first-order valence-corrected chi connectivity index (χ1v) is 6.68. The number of rotatable bonds is 4. The predicted molar refractivity (Wildman–Crippen MR) is 69.7 cm³/mol. The van der Waals surface area contributed by atoms with Crippen LogP contribution in [0.3, 0.4) is 0 Å². The predicted octanol–water partition coefficient (Wildman–Crippen LogP) is 2.79. The van der Waals surface area contributed by atoms with E-state index in [0.717, 1.165) is 5.92 Å². The smallest absolute Gasteiger partial charge is 0.0950 e. The Morgan fingerprint density at radius 2 is 2.24 bits per heavy atom. The highest BCUT2D eigenvalue weighted by Gasteiger charge is 2.29. The van der Waals surface area contributed by atoms with Crippen LogP contribution in [0.25, 0.3) is 0 Å². The Bertz CT molecular complexity index is 323. The van der Waals surface area contributed by atoms with Gasteiger partial charge in [-0.1, -0.05) is 19.8 Å². The molecule has 0 spiro atoms. The van der Waals surface area contributed by atoms with E-state index in [4.69, 9.17) is 10.2 Å². The standard InChI is InChI=1S/C14H24N2O/c1-11-5-3-4-6-13(11)16(2)14(9-15)12-7-8-17-10-12/h7-8,10-11,13-14H,3-6,9,15H2,1-2H3. The summed E-state index contributed by atoms with van der Waals surface area (Å²) in [6.07, 6.45) is 8.92. The minimum Gasteiger partial charge on any atom is -0.472 e. The molecule has 1 heterocycles. The van der Waals surface area contributed by atoms with E-state index in [1.807, 2.05) is 12.3 Å².